The van der Waals surface area contributed by atoms with Crippen LogP contribution < -0.4 is 20.7 Å². The van der Waals surface area contributed by atoms with Crippen LogP contribution in [0.1, 0.15) is 21.5 Å². The smallest absolute Gasteiger partial charge is 0.272 e. The quantitative estimate of drug-likeness (QED) is 0.140. The number of carbonyl (C=O) groups is 3. The Balaban J connectivity index is 1.43. The van der Waals surface area contributed by atoms with Crippen molar-refractivity contribution in [3.05, 3.63) is 124 Å². The first-order valence-electron chi connectivity index (χ1n) is 12.6. The van der Waals surface area contributed by atoms with Gasteiger partial charge in [-0.25, -0.2) is 0 Å². The number of halogens is 1. The highest BCUT2D eigenvalue weighted by atomic mass is 35.5. The fraction of sp³-hybridized carbons (Fsp3) is 0.0938. The van der Waals surface area contributed by atoms with Gasteiger partial charge in [-0.3, -0.25) is 14.4 Å². The molecule has 0 aliphatic rings. The van der Waals surface area contributed by atoms with Crippen molar-refractivity contribution in [2.24, 2.45) is 0 Å². The molecule has 0 radical (unpaired) electrons. The van der Waals surface area contributed by atoms with Crippen molar-refractivity contribution in [3.63, 3.8) is 0 Å². The average molecular weight is 586 g/mol. The van der Waals surface area contributed by atoms with Crippen molar-refractivity contribution < 1.29 is 19.1 Å². The summed E-state index contributed by atoms with van der Waals surface area (Å²) >= 11 is 7.45. The van der Waals surface area contributed by atoms with Crippen molar-refractivity contribution in [2.75, 3.05) is 23.5 Å². The molecular formula is C32H28ClN3O4S. The maximum Gasteiger partial charge on any atom is 0.272 e. The first-order chi connectivity index (χ1) is 19.8. The molecule has 0 heterocycles. The summed E-state index contributed by atoms with van der Waals surface area (Å²) in [6.07, 6.45) is 1.63. The van der Waals surface area contributed by atoms with Crippen LogP contribution in [0.25, 0.3) is 6.08 Å². The molecule has 7 nitrogen and oxygen atoms in total. The van der Waals surface area contributed by atoms with Gasteiger partial charge < -0.3 is 20.7 Å². The van der Waals surface area contributed by atoms with Crippen LogP contribution in [-0.4, -0.2) is 30.6 Å². The average Bonchev–Trinajstić information content (AvgIpc) is 2.97. The van der Waals surface area contributed by atoms with Crippen LogP contribution in [0.3, 0.4) is 0 Å². The second-order valence-corrected chi connectivity index (χ2v) is 10.4. The molecule has 4 rings (SSSR count). The van der Waals surface area contributed by atoms with E-state index in [-0.39, 0.29) is 17.4 Å². The minimum absolute atomic E-state index is 0.0956. The molecule has 0 saturated carbocycles. The summed E-state index contributed by atoms with van der Waals surface area (Å²) in [5.41, 5.74) is 3.46. The van der Waals surface area contributed by atoms with E-state index < -0.39 is 11.8 Å². The molecule has 9 heteroatoms. The van der Waals surface area contributed by atoms with Gasteiger partial charge in [0.25, 0.3) is 11.8 Å². The lowest BCUT2D eigenvalue weighted by atomic mass is 10.1. The minimum Gasteiger partial charge on any atom is -0.495 e. The van der Waals surface area contributed by atoms with Gasteiger partial charge in [0.05, 0.1) is 17.9 Å². The van der Waals surface area contributed by atoms with E-state index in [0.717, 1.165) is 16.0 Å². The third-order valence-corrected chi connectivity index (χ3v) is 7.10. The number of thioether (sulfide) groups is 1. The third kappa shape index (κ3) is 8.73. The topological polar surface area (TPSA) is 96.5 Å². The maximum absolute atomic E-state index is 13.3. The van der Waals surface area contributed by atoms with Crippen LogP contribution in [0.4, 0.5) is 11.4 Å². The molecule has 0 fully saturated rings. The van der Waals surface area contributed by atoms with Crippen molar-refractivity contribution >= 4 is 58.5 Å². The van der Waals surface area contributed by atoms with Crippen LogP contribution in [-0.2, 0) is 9.59 Å². The molecule has 0 saturated heterocycles. The minimum atomic E-state index is -0.480. The van der Waals surface area contributed by atoms with Gasteiger partial charge in [-0.05, 0) is 67.1 Å². The normalized spacial score (nSPS) is 11.0. The summed E-state index contributed by atoms with van der Waals surface area (Å²) in [5, 5.41) is 8.80. The Morgan fingerprint density at radius 1 is 0.854 bits per heavy atom. The number of benzene rings is 4. The molecule has 0 aromatic heterocycles. The molecule has 4 aromatic rings. The molecule has 0 aliphatic heterocycles. The molecule has 3 amide bonds. The molecule has 41 heavy (non-hydrogen) atoms. The predicted molar refractivity (Wildman–Crippen MR) is 165 cm³/mol. The number of amides is 3. The van der Waals surface area contributed by atoms with Gasteiger partial charge in [0, 0.05) is 21.8 Å². The zero-order valence-electron chi connectivity index (χ0n) is 22.4. The Labute approximate surface area is 248 Å². The molecular weight excluding hydrogens is 558 g/mol. The Morgan fingerprint density at radius 3 is 2.29 bits per heavy atom. The Kier molecular flexibility index (Phi) is 10.2. The summed E-state index contributed by atoms with van der Waals surface area (Å²) in [4.78, 5) is 39.4. The van der Waals surface area contributed by atoms with Gasteiger partial charge in [0.15, 0.2) is 0 Å². The highest BCUT2D eigenvalue weighted by molar-refractivity contribution is 8.00. The van der Waals surface area contributed by atoms with Crippen LogP contribution >= 0.6 is 23.4 Å². The van der Waals surface area contributed by atoms with E-state index in [1.807, 2.05) is 43.3 Å². The number of carbonyl (C=O) groups excluding carboxylic acids is 3. The number of ether oxygens (including phenoxy) is 1. The molecule has 0 spiro atoms. The number of anilines is 2. The second kappa shape index (κ2) is 14.2. The molecule has 0 aliphatic carbocycles. The maximum atomic E-state index is 13.3. The Morgan fingerprint density at radius 2 is 1.59 bits per heavy atom. The number of hydrogen-bond donors (Lipinski definition) is 3. The zero-order valence-corrected chi connectivity index (χ0v) is 24.0. The highest BCUT2D eigenvalue weighted by Crippen LogP contribution is 2.28. The SMILES string of the molecule is COc1ccc(NC(=O)CSc2cccc(NC(=O)/C(=C/c3ccc(C)cc3)NC(=O)c3ccccc3)c2)cc1Cl. The number of nitrogens with one attached hydrogen (secondary N) is 3. The Bertz CT molecular complexity index is 1570. The van der Waals surface area contributed by atoms with Gasteiger partial charge >= 0.3 is 0 Å². The zero-order chi connectivity index (χ0) is 29.2. The van der Waals surface area contributed by atoms with E-state index in [2.05, 4.69) is 16.0 Å². The monoisotopic (exact) mass is 585 g/mol. The van der Waals surface area contributed by atoms with E-state index in [4.69, 9.17) is 16.3 Å². The number of rotatable bonds is 10. The van der Waals surface area contributed by atoms with Crippen LogP contribution in [0.2, 0.25) is 5.02 Å². The molecule has 3 N–H and O–H groups in total. The van der Waals surface area contributed by atoms with Crippen molar-refractivity contribution in [1.29, 1.82) is 0 Å². The van der Waals surface area contributed by atoms with Crippen molar-refractivity contribution in [2.45, 2.75) is 11.8 Å². The van der Waals surface area contributed by atoms with Crippen molar-refractivity contribution in [1.82, 2.24) is 5.32 Å². The lowest BCUT2D eigenvalue weighted by Crippen LogP contribution is -2.30. The van der Waals surface area contributed by atoms with E-state index in [0.29, 0.717) is 27.7 Å². The van der Waals surface area contributed by atoms with Crippen molar-refractivity contribution in [3.8, 4) is 5.75 Å². The van der Waals surface area contributed by atoms with Gasteiger partial charge in [0.1, 0.15) is 11.4 Å². The summed E-state index contributed by atoms with van der Waals surface area (Å²) in [7, 11) is 1.52. The van der Waals surface area contributed by atoms with Gasteiger partial charge in [0.2, 0.25) is 5.91 Å². The number of hydrogen-bond acceptors (Lipinski definition) is 5. The fourth-order valence-electron chi connectivity index (χ4n) is 3.72. The van der Waals surface area contributed by atoms with E-state index in [1.165, 1.54) is 18.9 Å². The number of methoxy groups -OCH3 is 1. The first kappa shape index (κ1) is 29.5. The van der Waals surface area contributed by atoms with Crippen LogP contribution in [0.5, 0.6) is 5.75 Å². The molecule has 0 atom stereocenters. The van der Waals surface area contributed by atoms with Crippen LogP contribution in [0.15, 0.2) is 108 Å². The lowest BCUT2D eigenvalue weighted by molar-refractivity contribution is -0.114. The van der Waals surface area contributed by atoms with E-state index in [1.54, 1.807) is 66.7 Å². The van der Waals surface area contributed by atoms with Crippen LogP contribution in [0, 0.1) is 6.92 Å². The molecule has 4 aromatic carbocycles. The third-order valence-electron chi connectivity index (χ3n) is 5.81. The summed E-state index contributed by atoms with van der Waals surface area (Å²) in [6, 6.07) is 28.4. The second-order valence-electron chi connectivity index (χ2n) is 8.96. The number of aryl methyl sites for hydroxylation is 1. The fourth-order valence-corrected chi connectivity index (χ4v) is 4.74. The Hall–Kier alpha value is -4.53. The van der Waals surface area contributed by atoms with Gasteiger partial charge in [-0.1, -0.05) is 65.7 Å². The highest BCUT2D eigenvalue weighted by Gasteiger charge is 2.15. The summed E-state index contributed by atoms with van der Waals surface area (Å²) in [5.74, 6) is -0.419. The van der Waals surface area contributed by atoms with Gasteiger partial charge in [-0.2, -0.15) is 0 Å². The van der Waals surface area contributed by atoms with Gasteiger partial charge in [-0.15, -0.1) is 11.8 Å². The first-order valence-corrected chi connectivity index (χ1v) is 14.0. The molecule has 0 unspecified atom stereocenters. The van der Waals surface area contributed by atoms with E-state index in [9.17, 15) is 14.4 Å². The lowest BCUT2D eigenvalue weighted by Gasteiger charge is -2.12. The molecule has 0 bridgehead atoms. The summed E-state index contributed by atoms with van der Waals surface area (Å²) < 4.78 is 5.13. The summed E-state index contributed by atoms with van der Waals surface area (Å²) in [6.45, 7) is 1.97. The molecule has 208 valence electrons. The largest absolute Gasteiger partial charge is 0.495 e. The predicted octanol–water partition coefficient (Wildman–Crippen LogP) is 6.80. The van der Waals surface area contributed by atoms with E-state index >= 15 is 0 Å². The standard InChI is InChI=1S/C32H28ClN3O4S/c1-21-11-13-22(14-12-21)17-28(36-31(38)23-7-4-3-5-8-23)32(39)35-24-9-6-10-26(18-24)41-20-30(37)34-25-15-16-29(40-2)27(33)19-25/h3-19H,20H2,1-2H3,(H,34,37)(H,35,39)(H,36,38)/b28-17-.